The highest BCUT2D eigenvalue weighted by atomic mass is 32.2. The van der Waals surface area contributed by atoms with E-state index in [1.165, 1.54) is 6.42 Å². The van der Waals surface area contributed by atoms with Gasteiger partial charge in [-0.05, 0) is 37.7 Å². The molecule has 1 amide bonds. The molecule has 0 unspecified atom stereocenters. The summed E-state index contributed by atoms with van der Waals surface area (Å²) in [6, 6.07) is 7.65. The largest absolute Gasteiger partial charge is 0.398 e. The van der Waals surface area contributed by atoms with Gasteiger partial charge in [-0.1, -0.05) is 12.1 Å². The van der Waals surface area contributed by atoms with Crippen LogP contribution in [-0.4, -0.2) is 35.4 Å². The molecule has 4 heteroatoms. The van der Waals surface area contributed by atoms with Crippen LogP contribution < -0.4 is 5.73 Å². The Kier molecular flexibility index (Phi) is 4.17. The number of hydrogen-bond donors (Lipinski definition) is 1. The minimum absolute atomic E-state index is 0.0415. The maximum atomic E-state index is 12.4. The Labute approximate surface area is 113 Å². The zero-order valence-corrected chi connectivity index (χ0v) is 11.7. The van der Waals surface area contributed by atoms with E-state index in [9.17, 15) is 4.79 Å². The van der Waals surface area contributed by atoms with Crippen LogP contribution in [-0.2, 0) is 0 Å². The van der Waals surface area contributed by atoms with Crippen molar-refractivity contribution in [3.63, 3.8) is 0 Å². The number of thioether (sulfide) groups is 1. The predicted molar refractivity (Wildman–Crippen MR) is 77.9 cm³/mol. The van der Waals surface area contributed by atoms with Gasteiger partial charge in [0.05, 0.1) is 5.56 Å². The first-order chi connectivity index (χ1) is 8.63. The van der Waals surface area contributed by atoms with Crippen molar-refractivity contribution >= 4 is 23.4 Å². The Hall–Kier alpha value is -1.16. The third kappa shape index (κ3) is 2.64. The maximum absolute atomic E-state index is 12.4. The zero-order valence-electron chi connectivity index (χ0n) is 10.9. The second-order valence-electron chi connectivity index (χ2n) is 4.83. The number of anilines is 1. The summed E-state index contributed by atoms with van der Waals surface area (Å²) < 4.78 is 0. The summed E-state index contributed by atoms with van der Waals surface area (Å²) in [6.45, 7) is 0. The third-order valence-electron chi connectivity index (χ3n) is 3.75. The van der Waals surface area contributed by atoms with Crippen molar-refractivity contribution in [3.05, 3.63) is 29.8 Å². The number of rotatable bonds is 3. The molecule has 2 N–H and O–H groups in total. The molecule has 2 rings (SSSR count). The first kappa shape index (κ1) is 13.3. The Morgan fingerprint density at radius 2 is 2.11 bits per heavy atom. The summed E-state index contributed by atoms with van der Waals surface area (Å²) in [5, 5.41) is 0.693. The van der Waals surface area contributed by atoms with Crippen molar-refractivity contribution in [1.82, 2.24) is 4.90 Å². The zero-order chi connectivity index (χ0) is 13.1. The normalized spacial score (nSPS) is 23.0. The first-order valence-electron chi connectivity index (χ1n) is 6.28. The van der Waals surface area contributed by atoms with E-state index in [1.54, 1.807) is 12.1 Å². The molecule has 1 saturated carbocycles. The lowest BCUT2D eigenvalue weighted by Gasteiger charge is -2.25. The van der Waals surface area contributed by atoms with Crippen molar-refractivity contribution in [2.24, 2.45) is 0 Å². The molecule has 0 bridgehead atoms. The molecule has 1 aromatic rings. The van der Waals surface area contributed by atoms with Crippen molar-refractivity contribution < 1.29 is 4.79 Å². The van der Waals surface area contributed by atoms with Gasteiger partial charge in [0.2, 0.25) is 0 Å². The van der Waals surface area contributed by atoms with E-state index >= 15 is 0 Å². The van der Waals surface area contributed by atoms with Gasteiger partial charge in [-0.15, -0.1) is 0 Å². The van der Waals surface area contributed by atoms with Crippen LogP contribution in [0.4, 0.5) is 5.69 Å². The number of nitrogens with zero attached hydrogens (tertiary/aromatic N) is 1. The van der Waals surface area contributed by atoms with Gasteiger partial charge in [0.1, 0.15) is 0 Å². The van der Waals surface area contributed by atoms with Crippen LogP contribution in [0.3, 0.4) is 0 Å². The van der Waals surface area contributed by atoms with Gasteiger partial charge in [0, 0.05) is 24.0 Å². The number of benzene rings is 1. The van der Waals surface area contributed by atoms with Crippen LogP contribution in [0.25, 0.3) is 0 Å². The minimum atomic E-state index is 0.0415. The SMILES string of the molecule is CS[C@@H]1CC[C@H](N(C)C(=O)c2ccccc2N)C1. The van der Waals surface area contributed by atoms with Gasteiger partial charge < -0.3 is 10.6 Å². The lowest BCUT2D eigenvalue weighted by molar-refractivity contribution is 0.0736. The molecular formula is C14H20N2OS. The highest BCUT2D eigenvalue weighted by Crippen LogP contribution is 2.31. The van der Waals surface area contributed by atoms with Gasteiger partial charge >= 0.3 is 0 Å². The second-order valence-corrected chi connectivity index (χ2v) is 5.97. The molecule has 98 valence electrons. The third-order valence-corrected chi connectivity index (χ3v) is 4.84. The fourth-order valence-corrected chi connectivity index (χ4v) is 3.32. The van der Waals surface area contributed by atoms with Gasteiger partial charge in [-0.25, -0.2) is 0 Å². The average Bonchev–Trinajstić information content (AvgIpc) is 2.86. The lowest BCUT2D eigenvalue weighted by atomic mass is 10.1. The Bertz CT molecular complexity index is 436. The first-order valence-corrected chi connectivity index (χ1v) is 7.56. The molecule has 1 aliphatic rings. The number of nitrogens with two attached hydrogens (primary N) is 1. The summed E-state index contributed by atoms with van der Waals surface area (Å²) in [5.41, 5.74) is 7.04. The topological polar surface area (TPSA) is 46.3 Å². The highest BCUT2D eigenvalue weighted by molar-refractivity contribution is 7.99. The Morgan fingerprint density at radius 1 is 1.39 bits per heavy atom. The molecule has 0 saturated heterocycles. The standard InChI is InChI=1S/C14H20N2OS/c1-16(10-7-8-11(9-10)18-2)14(17)12-5-3-4-6-13(12)15/h3-6,10-11H,7-9,15H2,1-2H3/t10-,11+/m0/s1. The Balaban J connectivity index is 2.08. The van der Waals surface area contributed by atoms with Crippen LogP contribution in [0.2, 0.25) is 0 Å². The van der Waals surface area contributed by atoms with Gasteiger partial charge in [0.25, 0.3) is 5.91 Å². The molecule has 3 nitrogen and oxygen atoms in total. The number of nitrogen functional groups attached to an aromatic ring is 1. The van der Waals surface area contributed by atoms with Gasteiger partial charge in [-0.3, -0.25) is 4.79 Å². The highest BCUT2D eigenvalue weighted by Gasteiger charge is 2.30. The number of hydrogen-bond acceptors (Lipinski definition) is 3. The van der Waals surface area contributed by atoms with E-state index in [2.05, 4.69) is 6.26 Å². The summed E-state index contributed by atoms with van der Waals surface area (Å²) in [4.78, 5) is 14.2. The fraction of sp³-hybridized carbons (Fsp3) is 0.500. The number of carbonyl (C=O) groups is 1. The maximum Gasteiger partial charge on any atom is 0.255 e. The smallest absolute Gasteiger partial charge is 0.255 e. The fourth-order valence-electron chi connectivity index (χ4n) is 2.53. The monoisotopic (exact) mass is 264 g/mol. The number of carbonyl (C=O) groups excluding carboxylic acids is 1. The molecule has 0 radical (unpaired) electrons. The molecule has 0 spiro atoms. The lowest BCUT2D eigenvalue weighted by Crippen LogP contribution is -2.36. The average molecular weight is 264 g/mol. The minimum Gasteiger partial charge on any atom is -0.398 e. The molecule has 1 fully saturated rings. The summed E-state index contributed by atoms with van der Waals surface area (Å²) in [5.74, 6) is 0.0415. The Morgan fingerprint density at radius 3 is 2.72 bits per heavy atom. The van der Waals surface area contributed by atoms with E-state index < -0.39 is 0 Å². The molecule has 18 heavy (non-hydrogen) atoms. The molecule has 1 aliphatic carbocycles. The summed E-state index contributed by atoms with van der Waals surface area (Å²) in [6.07, 6.45) is 5.54. The van der Waals surface area contributed by atoms with E-state index in [-0.39, 0.29) is 5.91 Å². The molecule has 1 aromatic carbocycles. The predicted octanol–water partition coefficient (Wildman–Crippen LogP) is 2.62. The van der Waals surface area contributed by atoms with Crippen molar-refractivity contribution in [2.75, 3.05) is 19.0 Å². The van der Waals surface area contributed by atoms with Crippen LogP contribution in [0.1, 0.15) is 29.6 Å². The molecule has 2 atom stereocenters. The molecular weight excluding hydrogens is 244 g/mol. The van der Waals surface area contributed by atoms with Gasteiger partial charge in [0.15, 0.2) is 0 Å². The van der Waals surface area contributed by atoms with Crippen LogP contribution in [0.15, 0.2) is 24.3 Å². The van der Waals surface area contributed by atoms with E-state index in [4.69, 9.17) is 5.73 Å². The quantitative estimate of drug-likeness (QED) is 0.854. The van der Waals surface area contributed by atoms with Crippen LogP contribution in [0.5, 0.6) is 0 Å². The van der Waals surface area contributed by atoms with Gasteiger partial charge in [-0.2, -0.15) is 11.8 Å². The van der Waals surface area contributed by atoms with E-state index in [0.29, 0.717) is 22.5 Å². The summed E-state index contributed by atoms with van der Waals surface area (Å²) >= 11 is 1.90. The second kappa shape index (κ2) is 5.65. The molecule has 0 aliphatic heterocycles. The number of amides is 1. The van der Waals surface area contributed by atoms with Crippen molar-refractivity contribution in [2.45, 2.75) is 30.6 Å². The van der Waals surface area contributed by atoms with E-state index in [0.717, 1.165) is 12.8 Å². The van der Waals surface area contributed by atoms with E-state index in [1.807, 2.05) is 35.8 Å². The van der Waals surface area contributed by atoms with Crippen LogP contribution >= 0.6 is 11.8 Å². The van der Waals surface area contributed by atoms with Crippen molar-refractivity contribution in [3.8, 4) is 0 Å². The summed E-state index contributed by atoms with van der Waals surface area (Å²) in [7, 11) is 1.89. The number of para-hydroxylation sites is 1. The van der Waals surface area contributed by atoms with Crippen LogP contribution in [0, 0.1) is 0 Å². The molecule has 0 aromatic heterocycles. The van der Waals surface area contributed by atoms with Crippen molar-refractivity contribution in [1.29, 1.82) is 0 Å². The molecule has 0 heterocycles.